The van der Waals surface area contributed by atoms with E-state index in [2.05, 4.69) is 21.2 Å². The Kier molecular flexibility index (Phi) is 6.41. The largest absolute Gasteiger partial charge is 0.467 e. The smallest absolute Gasteiger partial charge is 0.311 e. The zero-order chi connectivity index (χ0) is 20.3. The minimum atomic E-state index is -0.598. The van der Waals surface area contributed by atoms with E-state index in [1.54, 1.807) is 24.3 Å². The van der Waals surface area contributed by atoms with Crippen molar-refractivity contribution in [1.82, 2.24) is 4.90 Å². The van der Waals surface area contributed by atoms with Gasteiger partial charge in [-0.2, -0.15) is 0 Å². The average molecular weight is 470 g/mol. The highest BCUT2D eigenvalue weighted by Crippen LogP contribution is 2.29. The van der Waals surface area contributed by atoms with Gasteiger partial charge < -0.3 is 19.4 Å². The molecular weight excluding hydrogens is 452 g/mol. The SMILES string of the molecule is Cc1cc(Br)c(Cl)cc1NC(=O)COC(=O)[C@H]1CC(=O)N(Cc2ccco2)C1. The van der Waals surface area contributed by atoms with Crippen LogP contribution in [0.15, 0.2) is 39.4 Å². The average Bonchev–Trinajstić information content (AvgIpc) is 3.28. The van der Waals surface area contributed by atoms with E-state index in [0.717, 1.165) is 10.0 Å². The zero-order valence-electron chi connectivity index (χ0n) is 15.0. The molecule has 1 aromatic carbocycles. The van der Waals surface area contributed by atoms with E-state index in [9.17, 15) is 14.4 Å². The molecule has 0 unspecified atom stereocenters. The van der Waals surface area contributed by atoms with Gasteiger partial charge in [-0.15, -0.1) is 0 Å². The lowest BCUT2D eigenvalue weighted by Gasteiger charge is -2.15. The highest BCUT2D eigenvalue weighted by molar-refractivity contribution is 9.10. The molecule has 148 valence electrons. The molecule has 0 aliphatic carbocycles. The summed E-state index contributed by atoms with van der Waals surface area (Å²) in [4.78, 5) is 37.9. The molecule has 2 aromatic rings. The Morgan fingerprint density at radius 3 is 2.93 bits per heavy atom. The van der Waals surface area contributed by atoms with Crippen LogP contribution in [0.5, 0.6) is 0 Å². The number of halogens is 2. The van der Waals surface area contributed by atoms with Gasteiger partial charge in [0.15, 0.2) is 6.61 Å². The summed E-state index contributed by atoms with van der Waals surface area (Å²) in [7, 11) is 0. The van der Waals surface area contributed by atoms with Crippen LogP contribution < -0.4 is 5.32 Å². The molecule has 1 saturated heterocycles. The predicted octanol–water partition coefficient (Wildman–Crippen LogP) is 3.53. The Morgan fingerprint density at radius 1 is 1.43 bits per heavy atom. The van der Waals surface area contributed by atoms with Gasteiger partial charge in [0, 0.05) is 23.1 Å². The van der Waals surface area contributed by atoms with Crippen molar-refractivity contribution in [1.29, 1.82) is 0 Å². The van der Waals surface area contributed by atoms with Crippen LogP contribution in [0, 0.1) is 12.8 Å². The number of anilines is 1. The third-order valence-electron chi connectivity index (χ3n) is 4.36. The Balaban J connectivity index is 1.49. The first kappa shape index (κ1) is 20.4. The number of ether oxygens (including phenoxy) is 1. The van der Waals surface area contributed by atoms with Crippen LogP contribution in [0.1, 0.15) is 17.7 Å². The first-order valence-corrected chi connectivity index (χ1v) is 9.73. The van der Waals surface area contributed by atoms with Crippen molar-refractivity contribution in [2.45, 2.75) is 19.9 Å². The molecule has 0 spiro atoms. The Morgan fingerprint density at radius 2 is 2.21 bits per heavy atom. The van der Waals surface area contributed by atoms with E-state index in [4.69, 9.17) is 20.8 Å². The van der Waals surface area contributed by atoms with Crippen molar-refractivity contribution in [2.75, 3.05) is 18.5 Å². The maximum absolute atomic E-state index is 12.2. The van der Waals surface area contributed by atoms with Crippen molar-refractivity contribution in [3.63, 3.8) is 0 Å². The number of benzene rings is 1. The Bertz CT molecular complexity index is 900. The van der Waals surface area contributed by atoms with E-state index in [1.807, 2.05) is 6.92 Å². The van der Waals surface area contributed by atoms with Gasteiger partial charge in [0.05, 0.1) is 23.7 Å². The molecule has 7 nitrogen and oxygen atoms in total. The molecule has 0 radical (unpaired) electrons. The highest BCUT2D eigenvalue weighted by atomic mass is 79.9. The fourth-order valence-electron chi connectivity index (χ4n) is 2.90. The summed E-state index contributed by atoms with van der Waals surface area (Å²) in [5, 5.41) is 3.12. The monoisotopic (exact) mass is 468 g/mol. The number of carbonyl (C=O) groups excluding carboxylic acids is 3. The molecule has 9 heteroatoms. The predicted molar refractivity (Wildman–Crippen MR) is 106 cm³/mol. The summed E-state index contributed by atoms with van der Waals surface area (Å²) in [6.07, 6.45) is 1.59. The van der Waals surface area contributed by atoms with Crippen LogP contribution in [0.2, 0.25) is 5.02 Å². The Labute approximate surface area is 175 Å². The number of nitrogens with one attached hydrogen (secondary N) is 1. The molecule has 1 aliphatic heterocycles. The number of hydrogen-bond donors (Lipinski definition) is 1. The number of esters is 1. The normalized spacial score (nSPS) is 16.3. The first-order valence-electron chi connectivity index (χ1n) is 8.55. The zero-order valence-corrected chi connectivity index (χ0v) is 17.4. The quantitative estimate of drug-likeness (QED) is 0.654. The van der Waals surface area contributed by atoms with Crippen molar-refractivity contribution in [3.05, 3.63) is 51.3 Å². The van der Waals surface area contributed by atoms with E-state index >= 15 is 0 Å². The van der Waals surface area contributed by atoms with Gasteiger partial charge in [0.1, 0.15) is 5.76 Å². The topological polar surface area (TPSA) is 88.8 Å². The minimum absolute atomic E-state index is 0.0581. The number of likely N-dealkylation sites (tertiary alicyclic amines) is 1. The van der Waals surface area contributed by atoms with Crippen molar-refractivity contribution >= 4 is 51.0 Å². The molecule has 0 saturated carbocycles. The third-order valence-corrected chi connectivity index (χ3v) is 5.56. The molecule has 28 heavy (non-hydrogen) atoms. The van der Waals surface area contributed by atoms with Gasteiger partial charge in [-0.05, 0) is 52.7 Å². The van der Waals surface area contributed by atoms with Crippen molar-refractivity contribution in [3.8, 4) is 0 Å². The van der Waals surface area contributed by atoms with Crippen LogP contribution in [0.25, 0.3) is 0 Å². The number of hydrogen-bond acceptors (Lipinski definition) is 5. The second-order valence-corrected chi connectivity index (χ2v) is 7.75. The molecule has 0 bridgehead atoms. The van der Waals surface area contributed by atoms with Gasteiger partial charge in [0.25, 0.3) is 5.91 Å². The molecule has 1 aromatic heterocycles. The summed E-state index contributed by atoms with van der Waals surface area (Å²) < 4.78 is 11.0. The van der Waals surface area contributed by atoms with Crippen LogP contribution >= 0.6 is 27.5 Å². The lowest BCUT2D eigenvalue weighted by molar-refractivity contribution is -0.151. The van der Waals surface area contributed by atoms with Gasteiger partial charge in [-0.1, -0.05) is 11.6 Å². The van der Waals surface area contributed by atoms with Crippen molar-refractivity contribution in [2.24, 2.45) is 5.92 Å². The second-order valence-electron chi connectivity index (χ2n) is 6.49. The summed E-state index contributed by atoms with van der Waals surface area (Å²) in [5.74, 6) is -1.16. The van der Waals surface area contributed by atoms with E-state index in [-0.39, 0.29) is 18.9 Å². The summed E-state index contributed by atoms with van der Waals surface area (Å²) in [6.45, 7) is 1.93. The fraction of sp³-hybridized carbons (Fsp3) is 0.316. The molecular formula is C19H18BrClN2O5. The van der Waals surface area contributed by atoms with Crippen LogP contribution in [0.4, 0.5) is 5.69 Å². The third kappa shape index (κ3) is 4.94. The number of nitrogens with zero attached hydrogens (tertiary/aromatic N) is 1. The van der Waals surface area contributed by atoms with Gasteiger partial charge in [0.2, 0.25) is 5.91 Å². The molecule has 2 heterocycles. The van der Waals surface area contributed by atoms with Crippen LogP contribution in [-0.2, 0) is 25.7 Å². The molecule has 2 amide bonds. The molecule has 1 atom stereocenters. The van der Waals surface area contributed by atoms with Crippen LogP contribution in [0.3, 0.4) is 0 Å². The van der Waals surface area contributed by atoms with Gasteiger partial charge in [-0.25, -0.2) is 0 Å². The molecule has 1 aliphatic rings. The van der Waals surface area contributed by atoms with E-state index < -0.39 is 24.4 Å². The van der Waals surface area contributed by atoms with E-state index in [0.29, 0.717) is 23.0 Å². The first-order chi connectivity index (χ1) is 13.3. The summed E-state index contributed by atoms with van der Waals surface area (Å²) >= 11 is 9.34. The number of carbonyl (C=O) groups is 3. The highest BCUT2D eigenvalue weighted by Gasteiger charge is 2.35. The summed E-state index contributed by atoms with van der Waals surface area (Å²) in [6, 6.07) is 6.89. The standard InChI is InChI=1S/C19H18BrClN2O5/c1-11-5-14(20)15(21)7-16(11)22-17(24)10-28-19(26)12-6-18(25)23(8-12)9-13-3-2-4-27-13/h2-5,7,12H,6,8-10H2,1H3,(H,22,24)/t12-/m0/s1. The number of amides is 2. The minimum Gasteiger partial charge on any atom is -0.467 e. The van der Waals surface area contributed by atoms with E-state index in [1.165, 1.54) is 11.2 Å². The molecule has 1 fully saturated rings. The lowest BCUT2D eigenvalue weighted by Crippen LogP contribution is -2.28. The lowest BCUT2D eigenvalue weighted by atomic mass is 10.1. The number of aryl methyl sites for hydroxylation is 1. The fourth-order valence-corrected chi connectivity index (χ4v) is 3.52. The second kappa shape index (κ2) is 8.79. The maximum Gasteiger partial charge on any atom is 0.311 e. The number of rotatable bonds is 6. The van der Waals surface area contributed by atoms with Crippen molar-refractivity contribution < 1.29 is 23.5 Å². The Hall–Kier alpha value is -2.32. The molecule has 3 rings (SSSR count). The van der Waals surface area contributed by atoms with Crippen LogP contribution in [-0.4, -0.2) is 35.8 Å². The molecule has 1 N–H and O–H groups in total. The van der Waals surface area contributed by atoms with Gasteiger partial charge >= 0.3 is 5.97 Å². The summed E-state index contributed by atoms with van der Waals surface area (Å²) in [5.41, 5.74) is 1.35. The maximum atomic E-state index is 12.2. The van der Waals surface area contributed by atoms with Gasteiger partial charge in [-0.3, -0.25) is 14.4 Å². The number of furan rings is 1.